The zero-order valence-corrected chi connectivity index (χ0v) is 10.3. The molecule has 0 amide bonds. The number of rotatable bonds is 4. The highest BCUT2D eigenvalue weighted by molar-refractivity contribution is 9.10. The molecule has 0 aliphatic rings. The minimum Gasteiger partial charge on any atom is -0.508 e. The van der Waals surface area contributed by atoms with Crippen LogP contribution in [0.5, 0.6) is 5.75 Å². The van der Waals surface area contributed by atoms with E-state index in [1.54, 1.807) is 18.2 Å². The van der Waals surface area contributed by atoms with Gasteiger partial charge in [-0.2, -0.15) is 0 Å². The molecule has 0 spiro atoms. The first-order valence-electron chi connectivity index (χ1n) is 4.68. The van der Waals surface area contributed by atoms with E-state index in [9.17, 15) is 14.7 Å². The fourth-order valence-corrected chi connectivity index (χ4v) is 1.52. The number of benzene rings is 1. The second-order valence-corrected chi connectivity index (χ2v) is 4.24. The second-order valence-electron chi connectivity index (χ2n) is 3.38. The minimum atomic E-state index is -0.247. The average molecular weight is 283 g/mol. The van der Waals surface area contributed by atoms with Crippen LogP contribution in [0.4, 0.5) is 0 Å². The van der Waals surface area contributed by atoms with Crippen LogP contribution in [0.2, 0.25) is 0 Å². The maximum Gasteiger partial charge on any atom is 0.163 e. The normalized spacial score (nSPS) is 10.6. The minimum absolute atomic E-state index is 0.0903. The molecule has 4 heteroatoms. The number of carbonyl (C=O) groups excluding carboxylic acids is 2. The van der Waals surface area contributed by atoms with Gasteiger partial charge in [-0.05, 0) is 36.8 Å². The first kappa shape index (κ1) is 12.6. The summed E-state index contributed by atoms with van der Waals surface area (Å²) in [5, 5.41) is 9.25. The van der Waals surface area contributed by atoms with E-state index in [2.05, 4.69) is 15.9 Å². The first-order chi connectivity index (χ1) is 7.49. The predicted molar refractivity (Wildman–Crippen MR) is 65.1 cm³/mol. The Kier molecular flexibility index (Phi) is 4.43. The monoisotopic (exact) mass is 282 g/mol. The summed E-state index contributed by atoms with van der Waals surface area (Å²) >= 11 is 3.29. The molecule has 0 bridgehead atoms. The number of Topliss-reactive ketones (excluding diaryl/α,β-unsaturated/α-hetero) is 1. The van der Waals surface area contributed by atoms with Crippen molar-refractivity contribution in [3.63, 3.8) is 0 Å². The Morgan fingerprint density at radius 3 is 2.75 bits per heavy atom. The lowest BCUT2D eigenvalue weighted by Gasteiger charge is -1.99. The fourth-order valence-electron chi connectivity index (χ4n) is 1.15. The SMILES string of the molecule is CC(=O)CC(=O)/C=C/c1cc(O)ccc1Br. The summed E-state index contributed by atoms with van der Waals surface area (Å²) in [4.78, 5) is 21.9. The van der Waals surface area contributed by atoms with Gasteiger partial charge < -0.3 is 5.11 Å². The first-order valence-corrected chi connectivity index (χ1v) is 5.47. The van der Waals surface area contributed by atoms with E-state index in [4.69, 9.17) is 0 Å². The second kappa shape index (κ2) is 5.61. The van der Waals surface area contributed by atoms with Crippen molar-refractivity contribution in [1.29, 1.82) is 0 Å². The Hall–Kier alpha value is -1.42. The number of hydrogen-bond donors (Lipinski definition) is 1. The highest BCUT2D eigenvalue weighted by Crippen LogP contribution is 2.22. The summed E-state index contributed by atoms with van der Waals surface area (Å²) in [5.41, 5.74) is 0.692. The Morgan fingerprint density at radius 2 is 2.12 bits per heavy atom. The zero-order valence-electron chi connectivity index (χ0n) is 8.74. The van der Waals surface area contributed by atoms with Crippen LogP contribution >= 0.6 is 15.9 Å². The van der Waals surface area contributed by atoms with Gasteiger partial charge in [0.2, 0.25) is 0 Å². The van der Waals surface area contributed by atoms with Crippen molar-refractivity contribution in [3.8, 4) is 5.75 Å². The van der Waals surface area contributed by atoms with E-state index in [1.165, 1.54) is 19.1 Å². The predicted octanol–water partition coefficient (Wildman–Crippen LogP) is 2.72. The lowest BCUT2D eigenvalue weighted by molar-refractivity contribution is -0.123. The molecule has 0 aliphatic heterocycles. The summed E-state index contributed by atoms with van der Waals surface area (Å²) < 4.78 is 0.775. The molecule has 1 aromatic carbocycles. The van der Waals surface area contributed by atoms with Crippen LogP contribution in [0.1, 0.15) is 18.9 Å². The molecular weight excluding hydrogens is 272 g/mol. The van der Waals surface area contributed by atoms with Crippen molar-refractivity contribution < 1.29 is 14.7 Å². The summed E-state index contributed by atoms with van der Waals surface area (Å²) in [6.45, 7) is 1.37. The van der Waals surface area contributed by atoms with Gasteiger partial charge in [0, 0.05) is 4.47 Å². The van der Waals surface area contributed by atoms with Gasteiger partial charge >= 0.3 is 0 Å². The smallest absolute Gasteiger partial charge is 0.163 e. The van der Waals surface area contributed by atoms with Gasteiger partial charge in [-0.25, -0.2) is 0 Å². The van der Waals surface area contributed by atoms with Gasteiger partial charge in [0.1, 0.15) is 11.5 Å². The number of allylic oxidation sites excluding steroid dienone is 1. The molecule has 0 radical (unpaired) electrons. The molecule has 0 aliphatic carbocycles. The number of carbonyl (C=O) groups is 2. The Labute approximate surface area is 102 Å². The van der Waals surface area contributed by atoms with Crippen LogP contribution < -0.4 is 0 Å². The van der Waals surface area contributed by atoms with E-state index in [0.29, 0.717) is 5.56 Å². The molecule has 0 saturated heterocycles. The topological polar surface area (TPSA) is 54.4 Å². The van der Waals surface area contributed by atoms with Gasteiger partial charge in [0.15, 0.2) is 5.78 Å². The van der Waals surface area contributed by atoms with E-state index >= 15 is 0 Å². The summed E-state index contributed by atoms with van der Waals surface area (Å²) in [7, 11) is 0. The van der Waals surface area contributed by atoms with Crippen molar-refractivity contribution in [1.82, 2.24) is 0 Å². The third kappa shape index (κ3) is 3.98. The molecular formula is C12H11BrO3. The van der Waals surface area contributed by atoms with Crippen molar-refractivity contribution in [2.75, 3.05) is 0 Å². The molecule has 3 nitrogen and oxygen atoms in total. The lowest BCUT2D eigenvalue weighted by Crippen LogP contribution is -1.99. The Bertz CT molecular complexity index is 450. The standard InChI is InChI=1S/C12H11BrO3/c1-8(14)6-10(15)3-2-9-7-11(16)4-5-12(9)13/h2-5,7,16H,6H2,1H3/b3-2+. The number of hydrogen-bond acceptors (Lipinski definition) is 3. The Morgan fingerprint density at radius 1 is 1.44 bits per heavy atom. The van der Waals surface area contributed by atoms with Gasteiger partial charge in [-0.15, -0.1) is 0 Å². The van der Waals surface area contributed by atoms with E-state index in [-0.39, 0.29) is 23.7 Å². The van der Waals surface area contributed by atoms with Gasteiger partial charge in [-0.3, -0.25) is 9.59 Å². The maximum atomic E-state index is 11.2. The third-order valence-electron chi connectivity index (χ3n) is 1.85. The molecule has 1 N–H and O–H groups in total. The number of halogens is 1. The molecule has 0 aromatic heterocycles. The summed E-state index contributed by atoms with van der Waals surface area (Å²) in [6.07, 6.45) is 2.81. The lowest BCUT2D eigenvalue weighted by atomic mass is 10.1. The zero-order chi connectivity index (χ0) is 12.1. The maximum absolute atomic E-state index is 11.2. The quantitative estimate of drug-likeness (QED) is 0.682. The summed E-state index contributed by atoms with van der Waals surface area (Å²) in [6, 6.07) is 4.75. The van der Waals surface area contributed by atoms with Gasteiger partial charge in [0.25, 0.3) is 0 Å². The molecule has 0 heterocycles. The highest BCUT2D eigenvalue weighted by atomic mass is 79.9. The van der Waals surface area contributed by atoms with Crippen LogP contribution in [-0.2, 0) is 9.59 Å². The Balaban J connectivity index is 2.79. The largest absolute Gasteiger partial charge is 0.508 e. The molecule has 0 unspecified atom stereocenters. The average Bonchev–Trinajstić information content (AvgIpc) is 2.18. The van der Waals surface area contributed by atoms with Crippen LogP contribution in [0.15, 0.2) is 28.7 Å². The van der Waals surface area contributed by atoms with Crippen molar-refractivity contribution >= 4 is 33.6 Å². The fraction of sp³-hybridized carbons (Fsp3) is 0.167. The van der Waals surface area contributed by atoms with Crippen LogP contribution in [0.25, 0.3) is 6.08 Å². The van der Waals surface area contributed by atoms with Crippen molar-refractivity contribution in [3.05, 3.63) is 34.3 Å². The van der Waals surface area contributed by atoms with Crippen LogP contribution in [0, 0.1) is 0 Å². The van der Waals surface area contributed by atoms with E-state index in [1.807, 2.05) is 0 Å². The molecule has 84 valence electrons. The van der Waals surface area contributed by atoms with Gasteiger partial charge in [-0.1, -0.05) is 22.0 Å². The van der Waals surface area contributed by atoms with Crippen LogP contribution in [-0.4, -0.2) is 16.7 Å². The molecule has 0 fully saturated rings. The molecule has 0 atom stereocenters. The number of aromatic hydroxyl groups is 1. The van der Waals surface area contributed by atoms with Crippen LogP contribution in [0.3, 0.4) is 0 Å². The number of phenolic OH excluding ortho intramolecular Hbond substituents is 1. The third-order valence-corrected chi connectivity index (χ3v) is 2.57. The van der Waals surface area contributed by atoms with Gasteiger partial charge in [0.05, 0.1) is 6.42 Å². The highest BCUT2D eigenvalue weighted by Gasteiger charge is 2.02. The number of ketones is 2. The van der Waals surface area contributed by atoms with E-state index in [0.717, 1.165) is 4.47 Å². The molecule has 1 rings (SSSR count). The molecule has 0 saturated carbocycles. The number of phenols is 1. The van der Waals surface area contributed by atoms with Crippen molar-refractivity contribution in [2.24, 2.45) is 0 Å². The van der Waals surface area contributed by atoms with E-state index < -0.39 is 0 Å². The molecule has 1 aromatic rings. The van der Waals surface area contributed by atoms with Crippen molar-refractivity contribution in [2.45, 2.75) is 13.3 Å². The summed E-state index contributed by atoms with van der Waals surface area (Å²) in [5.74, 6) is -0.283. The molecule has 16 heavy (non-hydrogen) atoms.